The molecule has 4 nitrogen and oxygen atoms in total. The highest BCUT2D eigenvalue weighted by Crippen LogP contribution is 2.54. The highest BCUT2D eigenvalue weighted by molar-refractivity contribution is 7.55. The van der Waals surface area contributed by atoms with Crippen LogP contribution in [0.1, 0.15) is 33.6 Å². The van der Waals surface area contributed by atoms with Crippen LogP contribution in [0, 0.1) is 11.3 Å². The first-order valence-corrected chi connectivity index (χ1v) is 6.54. The van der Waals surface area contributed by atoms with Gasteiger partial charge < -0.3 is 9.05 Å². The third-order valence-electron chi connectivity index (χ3n) is 1.71. The molecule has 0 aromatic heterocycles. The molecular formula is C9H18NO3P. The molecule has 0 aliphatic rings. The molecule has 0 fully saturated rings. The normalized spacial score (nSPS) is 13.6. The van der Waals surface area contributed by atoms with Gasteiger partial charge in [-0.2, -0.15) is 5.26 Å². The molecule has 14 heavy (non-hydrogen) atoms. The molecule has 0 aliphatic carbocycles. The zero-order chi connectivity index (χ0) is 11.0. The molecule has 0 spiro atoms. The van der Waals surface area contributed by atoms with Crippen molar-refractivity contribution in [3.05, 3.63) is 0 Å². The van der Waals surface area contributed by atoms with E-state index in [2.05, 4.69) is 0 Å². The van der Waals surface area contributed by atoms with Gasteiger partial charge in [-0.25, -0.2) is 0 Å². The van der Waals surface area contributed by atoms with Gasteiger partial charge in [0, 0.05) is 0 Å². The zero-order valence-electron chi connectivity index (χ0n) is 9.02. The van der Waals surface area contributed by atoms with Crippen LogP contribution in [-0.2, 0) is 13.6 Å². The van der Waals surface area contributed by atoms with Crippen molar-refractivity contribution >= 4 is 7.60 Å². The van der Waals surface area contributed by atoms with E-state index >= 15 is 0 Å². The molecule has 0 saturated carbocycles. The van der Waals surface area contributed by atoms with Gasteiger partial charge in [-0.1, -0.05) is 13.3 Å². The Morgan fingerprint density at radius 2 is 1.79 bits per heavy atom. The summed E-state index contributed by atoms with van der Waals surface area (Å²) in [6.45, 7) is 6.03. The molecule has 1 atom stereocenters. The lowest BCUT2D eigenvalue weighted by Crippen LogP contribution is -2.11. The molecule has 5 heteroatoms. The third kappa shape index (κ3) is 3.79. The fourth-order valence-electron chi connectivity index (χ4n) is 1.14. The van der Waals surface area contributed by atoms with Crippen LogP contribution in [0.5, 0.6) is 0 Å². The summed E-state index contributed by atoms with van der Waals surface area (Å²) in [7, 11) is -3.21. The minimum absolute atomic E-state index is 0.305. The minimum Gasteiger partial charge on any atom is -0.308 e. The van der Waals surface area contributed by atoms with E-state index in [1.807, 2.05) is 13.0 Å². The zero-order valence-corrected chi connectivity index (χ0v) is 9.92. The molecule has 0 aromatic carbocycles. The molecule has 0 rings (SSSR count). The second-order valence-corrected chi connectivity index (χ2v) is 5.03. The largest absolute Gasteiger partial charge is 0.347 e. The van der Waals surface area contributed by atoms with Crippen molar-refractivity contribution in [2.24, 2.45) is 0 Å². The Labute approximate surface area is 85.7 Å². The maximum atomic E-state index is 12.1. The monoisotopic (exact) mass is 219 g/mol. The van der Waals surface area contributed by atoms with E-state index in [4.69, 9.17) is 14.3 Å². The maximum absolute atomic E-state index is 12.1. The average Bonchev–Trinajstić information content (AvgIpc) is 2.14. The van der Waals surface area contributed by atoms with Gasteiger partial charge in [-0.15, -0.1) is 0 Å². The van der Waals surface area contributed by atoms with Crippen LogP contribution < -0.4 is 0 Å². The van der Waals surface area contributed by atoms with Gasteiger partial charge in [-0.3, -0.25) is 4.57 Å². The Hall–Kier alpha value is -0.360. The Morgan fingerprint density at radius 3 is 2.07 bits per heavy atom. The molecule has 0 saturated heterocycles. The van der Waals surface area contributed by atoms with E-state index in [0.29, 0.717) is 19.6 Å². The van der Waals surface area contributed by atoms with Gasteiger partial charge in [0.1, 0.15) is 5.66 Å². The van der Waals surface area contributed by atoms with E-state index < -0.39 is 13.3 Å². The topological polar surface area (TPSA) is 59.3 Å². The first kappa shape index (κ1) is 13.6. The van der Waals surface area contributed by atoms with Crippen LogP contribution in [0.25, 0.3) is 0 Å². The third-order valence-corrected chi connectivity index (χ3v) is 4.08. The maximum Gasteiger partial charge on any atom is 0.347 e. The number of rotatable bonds is 7. The van der Waals surface area contributed by atoms with Crippen molar-refractivity contribution in [2.75, 3.05) is 13.2 Å². The quantitative estimate of drug-likeness (QED) is 0.617. The standard InChI is InChI=1S/C9H18NO3P/c1-4-7-9(8-10)14(11,12-5-2)13-6-3/h9H,4-7H2,1-3H3. The fourth-order valence-corrected chi connectivity index (χ4v) is 3.01. The highest BCUT2D eigenvalue weighted by atomic mass is 31.2. The van der Waals surface area contributed by atoms with Crippen LogP contribution in [0.3, 0.4) is 0 Å². The molecule has 1 unspecified atom stereocenters. The minimum atomic E-state index is -3.21. The van der Waals surface area contributed by atoms with E-state index in [-0.39, 0.29) is 0 Å². The Kier molecular flexibility index (Phi) is 6.82. The lowest BCUT2D eigenvalue weighted by Gasteiger charge is -2.20. The second-order valence-electron chi connectivity index (χ2n) is 2.81. The summed E-state index contributed by atoms with van der Waals surface area (Å²) >= 11 is 0. The first-order chi connectivity index (χ1) is 6.64. The van der Waals surface area contributed by atoms with Gasteiger partial charge >= 0.3 is 7.60 Å². The average molecular weight is 219 g/mol. The lowest BCUT2D eigenvalue weighted by atomic mass is 10.3. The van der Waals surface area contributed by atoms with Crippen LogP contribution in [-0.4, -0.2) is 18.9 Å². The van der Waals surface area contributed by atoms with E-state index in [9.17, 15) is 4.57 Å². The summed E-state index contributed by atoms with van der Waals surface area (Å²) < 4.78 is 22.2. The molecule has 0 heterocycles. The number of hydrogen-bond donors (Lipinski definition) is 0. The second kappa shape index (κ2) is 7.00. The molecule has 0 bridgehead atoms. The molecule has 0 radical (unpaired) electrons. The lowest BCUT2D eigenvalue weighted by molar-refractivity contribution is 0.215. The summed E-state index contributed by atoms with van der Waals surface area (Å²) in [5.41, 5.74) is -0.632. The predicted molar refractivity (Wildman–Crippen MR) is 55.2 cm³/mol. The fraction of sp³-hybridized carbons (Fsp3) is 0.889. The molecule has 0 amide bonds. The Balaban J connectivity index is 4.60. The van der Waals surface area contributed by atoms with Crippen LogP contribution >= 0.6 is 7.60 Å². The van der Waals surface area contributed by atoms with Crippen molar-refractivity contribution < 1.29 is 13.6 Å². The summed E-state index contributed by atoms with van der Waals surface area (Å²) in [6.07, 6.45) is 1.34. The van der Waals surface area contributed by atoms with Gasteiger partial charge in [0.25, 0.3) is 0 Å². The van der Waals surface area contributed by atoms with Gasteiger partial charge in [-0.05, 0) is 20.3 Å². The number of nitriles is 1. The summed E-state index contributed by atoms with van der Waals surface area (Å²) in [5, 5.41) is 8.86. The molecule has 0 N–H and O–H groups in total. The van der Waals surface area contributed by atoms with E-state index in [1.165, 1.54) is 0 Å². The highest BCUT2D eigenvalue weighted by Gasteiger charge is 2.34. The number of nitrogens with zero attached hydrogens (tertiary/aromatic N) is 1. The molecule has 0 aromatic rings. The van der Waals surface area contributed by atoms with Crippen molar-refractivity contribution in [1.29, 1.82) is 5.26 Å². The van der Waals surface area contributed by atoms with Crippen LogP contribution in [0.15, 0.2) is 0 Å². The molecular weight excluding hydrogens is 201 g/mol. The summed E-state index contributed by atoms with van der Waals surface area (Å²) in [6, 6.07) is 2.00. The predicted octanol–water partition coefficient (Wildman–Crippen LogP) is 2.94. The SMILES string of the molecule is CCCC(C#N)P(=O)(OCC)OCC. The van der Waals surface area contributed by atoms with Crippen LogP contribution in [0.2, 0.25) is 0 Å². The number of hydrogen-bond acceptors (Lipinski definition) is 4. The van der Waals surface area contributed by atoms with Gasteiger partial charge in [0.05, 0.1) is 19.3 Å². The van der Waals surface area contributed by atoms with E-state index in [1.54, 1.807) is 13.8 Å². The van der Waals surface area contributed by atoms with Crippen molar-refractivity contribution in [2.45, 2.75) is 39.3 Å². The first-order valence-electron chi connectivity index (χ1n) is 4.93. The van der Waals surface area contributed by atoms with Crippen molar-refractivity contribution in [1.82, 2.24) is 0 Å². The summed E-state index contributed by atoms with van der Waals surface area (Å²) in [4.78, 5) is 0. The molecule has 82 valence electrons. The van der Waals surface area contributed by atoms with Crippen molar-refractivity contribution in [3.8, 4) is 6.07 Å². The Bertz CT molecular complexity index is 227. The summed E-state index contributed by atoms with van der Waals surface area (Å²) in [5.74, 6) is 0. The van der Waals surface area contributed by atoms with E-state index in [0.717, 1.165) is 6.42 Å². The molecule has 0 aliphatic heterocycles. The van der Waals surface area contributed by atoms with Crippen LogP contribution in [0.4, 0.5) is 0 Å². The van der Waals surface area contributed by atoms with Gasteiger partial charge in [0.2, 0.25) is 0 Å². The Morgan fingerprint density at radius 1 is 1.29 bits per heavy atom. The smallest absolute Gasteiger partial charge is 0.308 e. The van der Waals surface area contributed by atoms with Gasteiger partial charge in [0.15, 0.2) is 0 Å². The van der Waals surface area contributed by atoms with Crippen molar-refractivity contribution in [3.63, 3.8) is 0 Å².